The number of hydrogen-bond donors (Lipinski definition) is 1. The van der Waals surface area contributed by atoms with Crippen LogP contribution in [-0.2, 0) is 17.6 Å². The molecule has 21 heavy (non-hydrogen) atoms. The highest BCUT2D eigenvalue weighted by molar-refractivity contribution is 6.31. The van der Waals surface area contributed by atoms with Gasteiger partial charge in [-0.3, -0.25) is 4.79 Å². The second kappa shape index (κ2) is 5.59. The van der Waals surface area contributed by atoms with Crippen LogP contribution in [0.4, 0.5) is 5.69 Å². The zero-order valence-corrected chi connectivity index (χ0v) is 12.1. The molecule has 0 saturated heterocycles. The van der Waals surface area contributed by atoms with Gasteiger partial charge in [-0.25, -0.2) is 0 Å². The molecule has 1 heterocycles. The summed E-state index contributed by atoms with van der Waals surface area (Å²) in [5.41, 5.74) is 4.78. The second-order valence-electron chi connectivity index (χ2n) is 5.09. The number of nitriles is 1. The number of anilines is 1. The van der Waals surface area contributed by atoms with Crippen LogP contribution in [0.5, 0.6) is 0 Å². The minimum absolute atomic E-state index is 0.0501. The predicted octanol–water partition coefficient (Wildman–Crippen LogP) is 3.69. The smallest absolute Gasteiger partial charge is 0.224 e. The first-order valence-electron chi connectivity index (χ1n) is 6.76. The van der Waals surface area contributed by atoms with Crippen molar-refractivity contribution in [1.29, 1.82) is 5.26 Å². The molecule has 0 unspecified atom stereocenters. The van der Waals surface area contributed by atoms with Crippen molar-refractivity contribution in [2.45, 2.75) is 19.3 Å². The maximum absolute atomic E-state index is 11.5. The lowest BCUT2D eigenvalue weighted by Gasteiger charge is -2.21. The summed E-state index contributed by atoms with van der Waals surface area (Å²) < 4.78 is 0. The van der Waals surface area contributed by atoms with Gasteiger partial charge in [-0.15, -0.1) is 0 Å². The van der Waals surface area contributed by atoms with Gasteiger partial charge in [0.05, 0.1) is 11.6 Å². The Bertz CT molecular complexity index is 745. The molecule has 0 bridgehead atoms. The van der Waals surface area contributed by atoms with Gasteiger partial charge in [-0.2, -0.15) is 5.26 Å². The average molecular weight is 297 g/mol. The third kappa shape index (κ3) is 2.76. The highest BCUT2D eigenvalue weighted by Gasteiger charge is 2.19. The number of rotatable bonds is 2. The van der Waals surface area contributed by atoms with Gasteiger partial charge in [0.2, 0.25) is 5.91 Å². The number of benzene rings is 2. The summed E-state index contributed by atoms with van der Waals surface area (Å²) in [7, 11) is 0. The van der Waals surface area contributed by atoms with E-state index in [-0.39, 0.29) is 5.91 Å². The summed E-state index contributed by atoms with van der Waals surface area (Å²) in [6, 6.07) is 13.3. The number of hydrogen-bond acceptors (Lipinski definition) is 2. The van der Waals surface area contributed by atoms with E-state index in [0.29, 0.717) is 29.8 Å². The molecule has 1 N–H and O–H groups in total. The average Bonchev–Trinajstić information content (AvgIpc) is 2.51. The van der Waals surface area contributed by atoms with Crippen LogP contribution in [0.25, 0.3) is 0 Å². The molecule has 2 aromatic carbocycles. The van der Waals surface area contributed by atoms with Crippen molar-refractivity contribution >= 4 is 23.2 Å². The number of nitrogens with one attached hydrogen (secondary N) is 1. The number of carbonyl (C=O) groups is 1. The van der Waals surface area contributed by atoms with Gasteiger partial charge in [0, 0.05) is 17.1 Å². The Morgan fingerprint density at radius 2 is 1.90 bits per heavy atom. The molecule has 4 heteroatoms. The van der Waals surface area contributed by atoms with Crippen LogP contribution in [0.2, 0.25) is 5.02 Å². The van der Waals surface area contributed by atoms with Gasteiger partial charge in [0.15, 0.2) is 0 Å². The van der Waals surface area contributed by atoms with Crippen LogP contribution in [0.15, 0.2) is 36.4 Å². The van der Waals surface area contributed by atoms with E-state index >= 15 is 0 Å². The number of halogens is 1. The molecule has 0 aliphatic carbocycles. The molecule has 1 amide bonds. The molecule has 1 aliphatic heterocycles. The quantitative estimate of drug-likeness (QED) is 0.919. The fourth-order valence-corrected chi connectivity index (χ4v) is 2.85. The van der Waals surface area contributed by atoms with E-state index < -0.39 is 0 Å². The summed E-state index contributed by atoms with van der Waals surface area (Å²) in [5, 5.41) is 12.4. The second-order valence-corrected chi connectivity index (χ2v) is 5.49. The summed E-state index contributed by atoms with van der Waals surface area (Å²) in [4.78, 5) is 11.5. The molecule has 0 fully saturated rings. The molecule has 0 radical (unpaired) electrons. The van der Waals surface area contributed by atoms with E-state index in [9.17, 15) is 4.79 Å². The minimum atomic E-state index is 0.0501. The molecule has 3 nitrogen and oxygen atoms in total. The van der Waals surface area contributed by atoms with E-state index in [0.717, 1.165) is 22.4 Å². The SMILES string of the molecule is N#Cc1ccc(Cc2c(Cl)ccc3c2CCC(=O)N3)cc1. The Kier molecular flexibility index (Phi) is 3.64. The summed E-state index contributed by atoms with van der Waals surface area (Å²) in [6.07, 6.45) is 1.91. The van der Waals surface area contributed by atoms with Gasteiger partial charge in [-0.1, -0.05) is 23.7 Å². The molecule has 2 aromatic rings. The van der Waals surface area contributed by atoms with Crippen molar-refractivity contribution in [3.05, 3.63) is 63.7 Å². The third-order valence-corrected chi connectivity index (χ3v) is 4.07. The molecule has 0 aromatic heterocycles. The molecule has 1 aliphatic rings. The predicted molar refractivity (Wildman–Crippen MR) is 82.4 cm³/mol. The lowest BCUT2D eigenvalue weighted by molar-refractivity contribution is -0.116. The fraction of sp³-hybridized carbons (Fsp3) is 0.176. The standard InChI is InChI=1S/C17H13ClN2O/c18-15-6-7-16-13(5-8-17(21)20-16)14(15)9-11-1-3-12(10-19)4-2-11/h1-4,6-7H,5,8-9H2,(H,20,21). The normalized spacial score (nSPS) is 13.2. The van der Waals surface area contributed by atoms with E-state index in [4.69, 9.17) is 16.9 Å². The van der Waals surface area contributed by atoms with Crippen molar-refractivity contribution in [3.8, 4) is 6.07 Å². The highest BCUT2D eigenvalue weighted by Crippen LogP contribution is 2.32. The molecular formula is C17H13ClN2O. The molecule has 0 spiro atoms. The van der Waals surface area contributed by atoms with Gasteiger partial charge < -0.3 is 5.32 Å². The lowest BCUT2D eigenvalue weighted by Crippen LogP contribution is -2.20. The van der Waals surface area contributed by atoms with Crippen LogP contribution < -0.4 is 5.32 Å². The van der Waals surface area contributed by atoms with Crippen molar-refractivity contribution < 1.29 is 4.79 Å². The maximum Gasteiger partial charge on any atom is 0.224 e. The Morgan fingerprint density at radius 1 is 1.14 bits per heavy atom. The zero-order chi connectivity index (χ0) is 14.8. The summed E-state index contributed by atoms with van der Waals surface area (Å²) in [5.74, 6) is 0.0501. The number of fused-ring (bicyclic) bond motifs is 1. The fourth-order valence-electron chi connectivity index (χ4n) is 2.61. The lowest BCUT2D eigenvalue weighted by atomic mass is 9.93. The van der Waals surface area contributed by atoms with E-state index in [2.05, 4.69) is 11.4 Å². The van der Waals surface area contributed by atoms with E-state index in [1.165, 1.54) is 0 Å². The minimum Gasteiger partial charge on any atom is -0.326 e. The number of carbonyl (C=O) groups excluding carboxylic acids is 1. The van der Waals surface area contributed by atoms with Gasteiger partial charge in [0.25, 0.3) is 0 Å². The molecule has 104 valence electrons. The Morgan fingerprint density at radius 3 is 2.62 bits per heavy atom. The third-order valence-electron chi connectivity index (χ3n) is 3.71. The zero-order valence-electron chi connectivity index (χ0n) is 11.3. The Labute approximate surface area is 128 Å². The number of nitrogens with zero attached hydrogens (tertiary/aromatic N) is 1. The highest BCUT2D eigenvalue weighted by atomic mass is 35.5. The van der Waals surface area contributed by atoms with Gasteiger partial charge >= 0.3 is 0 Å². The first kappa shape index (κ1) is 13.7. The summed E-state index contributed by atoms with van der Waals surface area (Å²) >= 11 is 6.34. The van der Waals surface area contributed by atoms with Crippen LogP contribution in [-0.4, -0.2) is 5.91 Å². The molecule has 0 atom stereocenters. The largest absolute Gasteiger partial charge is 0.326 e. The Balaban J connectivity index is 1.96. The van der Waals surface area contributed by atoms with Crippen molar-refractivity contribution in [2.75, 3.05) is 5.32 Å². The van der Waals surface area contributed by atoms with Crippen LogP contribution in [0.3, 0.4) is 0 Å². The topological polar surface area (TPSA) is 52.9 Å². The van der Waals surface area contributed by atoms with Crippen molar-refractivity contribution in [1.82, 2.24) is 0 Å². The van der Waals surface area contributed by atoms with E-state index in [1.54, 1.807) is 12.1 Å². The van der Waals surface area contributed by atoms with Gasteiger partial charge in [0.1, 0.15) is 0 Å². The molecular weight excluding hydrogens is 284 g/mol. The van der Waals surface area contributed by atoms with Crippen LogP contribution in [0.1, 0.15) is 28.7 Å². The first-order valence-corrected chi connectivity index (χ1v) is 7.14. The molecule has 3 rings (SSSR count). The number of amides is 1. The van der Waals surface area contributed by atoms with Gasteiger partial charge in [-0.05, 0) is 53.8 Å². The van der Waals surface area contributed by atoms with Crippen molar-refractivity contribution in [3.63, 3.8) is 0 Å². The first-order chi connectivity index (χ1) is 10.2. The van der Waals surface area contributed by atoms with Crippen molar-refractivity contribution in [2.24, 2.45) is 0 Å². The monoisotopic (exact) mass is 296 g/mol. The van der Waals surface area contributed by atoms with Crippen LogP contribution >= 0.6 is 11.6 Å². The summed E-state index contributed by atoms with van der Waals surface area (Å²) in [6.45, 7) is 0. The van der Waals surface area contributed by atoms with E-state index in [1.807, 2.05) is 24.3 Å². The Hall–Kier alpha value is -2.31. The maximum atomic E-state index is 11.5. The van der Waals surface area contributed by atoms with Crippen LogP contribution in [0, 0.1) is 11.3 Å². The molecule has 0 saturated carbocycles.